The van der Waals surface area contributed by atoms with E-state index in [1.54, 1.807) is 7.05 Å². The van der Waals surface area contributed by atoms with Gasteiger partial charge < -0.3 is 22.5 Å². The van der Waals surface area contributed by atoms with Gasteiger partial charge >= 0.3 is 0 Å². The van der Waals surface area contributed by atoms with Gasteiger partial charge in [-0.25, -0.2) is 0 Å². The number of likely N-dealkylation sites (N-methyl/N-ethyl adjacent to an activating group) is 1. The highest BCUT2D eigenvalue weighted by Crippen LogP contribution is 1.93. The van der Waals surface area contributed by atoms with Gasteiger partial charge in [0.05, 0.1) is 18.4 Å². The van der Waals surface area contributed by atoms with Gasteiger partial charge in [-0.15, -0.1) is 0 Å². The largest absolute Gasteiger partial charge is 0.326 e. The Morgan fingerprint density at radius 3 is 1.83 bits per heavy atom. The van der Waals surface area contributed by atoms with Crippen molar-refractivity contribution < 1.29 is 0 Å². The summed E-state index contributed by atoms with van der Waals surface area (Å²) in [5.41, 5.74) is 17.1. The second-order valence-electron chi connectivity index (χ2n) is 3.15. The maximum Gasteiger partial charge on any atom is 0.0718 e. The van der Waals surface area contributed by atoms with Crippen LogP contribution in [0, 0.1) is 0 Å². The van der Waals surface area contributed by atoms with Gasteiger partial charge in [-0.3, -0.25) is 5.32 Å². The van der Waals surface area contributed by atoms with Gasteiger partial charge in [-0.2, -0.15) is 0 Å². The first-order valence-corrected chi connectivity index (χ1v) is 4.19. The van der Waals surface area contributed by atoms with Crippen molar-refractivity contribution in [2.45, 2.75) is 38.3 Å². The van der Waals surface area contributed by atoms with Gasteiger partial charge in [0.15, 0.2) is 0 Å². The highest BCUT2D eigenvalue weighted by atomic mass is 15.1. The summed E-state index contributed by atoms with van der Waals surface area (Å²) in [7, 11) is 1.79. The van der Waals surface area contributed by atoms with Crippen molar-refractivity contribution in [1.29, 1.82) is 0 Å². The van der Waals surface area contributed by atoms with Crippen LogP contribution in [0.4, 0.5) is 0 Å². The Labute approximate surface area is 74.0 Å². The van der Waals surface area contributed by atoms with E-state index in [1.807, 2.05) is 13.8 Å². The van der Waals surface area contributed by atoms with Crippen LogP contribution in [-0.4, -0.2) is 31.5 Å². The number of nitrogens with one attached hydrogen (secondary N) is 2. The van der Waals surface area contributed by atoms with Crippen LogP contribution in [0.5, 0.6) is 0 Å². The average Bonchev–Trinajstić information content (AvgIpc) is 1.98. The second-order valence-corrected chi connectivity index (χ2v) is 3.15. The SMILES string of the molecule is CNC(N)C(NC(C)N)C(C)N. The molecular formula is C7H21N5. The maximum absolute atomic E-state index is 5.76. The van der Waals surface area contributed by atoms with Crippen LogP contribution < -0.4 is 27.8 Å². The smallest absolute Gasteiger partial charge is 0.0718 e. The Balaban J connectivity index is 4.03. The molecule has 0 radical (unpaired) electrons. The molecule has 0 aliphatic carbocycles. The molecule has 74 valence electrons. The Hall–Kier alpha value is -0.200. The fourth-order valence-corrected chi connectivity index (χ4v) is 1.07. The van der Waals surface area contributed by atoms with Crippen LogP contribution in [0.25, 0.3) is 0 Å². The summed E-state index contributed by atoms with van der Waals surface area (Å²) in [5.74, 6) is 0. The van der Waals surface area contributed by atoms with Crippen molar-refractivity contribution in [2.75, 3.05) is 7.05 Å². The topological polar surface area (TPSA) is 102 Å². The minimum atomic E-state index is -0.170. The zero-order valence-corrected chi connectivity index (χ0v) is 8.04. The zero-order chi connectivity index (χ0) is 9.72. The molecule has 0 aromatic carbocycles. The van der Waals surface area contributed by atoms with E-state index in [9.17, 15) is 0 Å². The van der Waals surface area contributed by atoms with Gasteiger partial charge in [-0.1, -0.05) is 0 Å². The molecule has 0 saturated heterocycles. The summed E-state index contributed by atoms with van der Waals surface area (Å²) in [6.45, 7) is 3.76. The summed E-state index contributed by atoms with van der Waals surface area (Å²) < 4.78 is 0. The summed E-state index contributed by atoms with van der Waals surface area (Å²) in [6, 6.07) is -0.0338. The molecule has 12 heavy (non-hydrogen) atoms. The van der Waals surface area contributed by atoms with E-state index >= 15 is 0 Å². The normalized spacial score (nSPS) is 21.5. The van der Waals surface area contributed by atoms with Crippen molar-refractivity contribution in [2.24, 2.45) is 17.2 Å². The monoisotopic (exact) mass is 175 g/mol. The fourth-order valence-electron chi connectivity index (χ4n) is 1.07. The zero-order valence-electron chi connectivity index (χ0n) is 8.04. The van der Waals surface area contributed by atoms with E-state index in [0.717, 1.165) is 0 Å². The molecule has 0 aliphatic heterocycles. The van der Waals surface area contributed by atoms with E-state index in [4.69, 9.17) is 17.2 Å². The molecular weight excluding hydrogens is 154 g/mol. The molecule has 0 bridgehead atoms. The Morgan fingerprint density at radius 2 is 1.58 bits per heavy atom. The number of nitrogens with two attached hydrogens (primary N) is 3. The summed E-state index contributed by atoms with van der Waals surface area (Å²) in [5, 5.41) is 6.03. The summed E-state index contributed by atoms with van der Waals surface area (Å²) in [6.07, 6.45) is -0.267. The lowest BCUT2D eigenvalue weighted by Gasteiger charge is -2.29. The van der Waals surface area contributed by atoms with E-state index < -0.39 is 0 Å². The molecule has 0 aromatic heterocycles. The molecule has 0 aromatic rings. The molecule has 0 amide bonds. The van der Waals surface area contributed by atoms with Crippen molar-refractivity contribution >= 4 is 0 Å². The molecule has 0 rings (SSSR count). The first kappa shape index (κ1) is 11.8. The second kappa shape index (κ2) is 5.45. The third-order valence-corrected chi connectivity index (χ3v) is 1.74. The first-order chi connectivity index (χ1) is 5.49. The molecule has 4 atom stereocenters. The van der Waals surface area contributed by atoms with E-state index in [1.165, 1.54) is 0 Å². The molecule has 8 N–H and O–H groups in total. The average molecular weight is 175 g/mol. The Bertz CT molecular complexity index is 114. The fraction of sp³-hybridized carbons (Fsp3) is 1.00. The van der Waals surface area contributed by atoms with Crippen molar-refractivity contribution in [3.63, 3.8) is 0 Å². The van der Waals surface area contributed by atoms with E-state index in [-0.39, 0.29) is 24.4 Å². The van der Waals surface area contributed by atoms with E-state index in [0.29, 0.717) is 0 Å². The van der Waals surface area contributed by atoms with Gasteiger partial charge in [0.2, 0.25) is 0 Å². The summed E-state index contributed by atoms with van der Waals surface area (Å²) in [4.78, 5) is 0. The van der Waals surface area contributed by atoms with Crippen molar-refractivity contribution in [3.05, 3.63) is 0 Å². The lowest BCUT2D eigenvalue weighted by molar-refractivity contribution is 0.326. The third kappa shape index (κ3) is 3.99. The molecule has 0 spiro atoms. The molecule has 5 heteroatoms. The predicted molar refractivity (Wildman–Crippen MR) is 51.3 cm³/mol. The number of rotatable bonds is 5. The minimum absolute atomic E-state index is 0.00463. The lowest BCUT2D eigenvalue weighted by atomic mass is 10.1. The van der Waals surface area contributed by atoms with Crippen LogP contribution in [0.2, 0.25) is 0 Å². The van der Waals surface area contributed by atoms with Crippen LogP contribution in [0.3, 0.4) is 0 Å². The van der Waals surface area contributed by atoms with Gasteiger partial charge in [0.1, 0.15) is 0 Å². The lowest BCUT2D eigenvalue weighted by Crippen LogP contribution is -2.62. The molecule has 0 aliphatic rings. The predicted octanol–water partition coefficient (Wildman–Crippen LogP) is -1.90. The molecule has 5 nitrogen and oxygen atoms in total. The standard InChI is InChI=1S/C7H21N5/c1-4(8)6(7(10)11-3)12-5(2)9/h4-7,11-12H,8-10H2,1-3H3. The van der Waals surface area contributed by atoms with Crippen molar-refractivity contribution in [3.8, 4) is 0 Å². The highest BCUT2D eigenvalue weighted by Gasteiger charge is 2.20. The maximum atomic E-state index is 5.76. The Kier molecular flexibility index (Phi) is 5.36. The van der Waals surface area contributed by atoms with Crippen LogP contribution in [0.1, 0.15) is 13.8 Å². The number of hydrogen-bond acceptors (Lipinski definition) is 5. The Morgan fingerprint density at radius 1 is 1.08 bits per heavy atom. The van der Waals surface area contributed by atoms with Crippen LogP contribution >= 0.6 is 0 Å². The third-order valence-electron chi connectivity index (χ3n) is 1.74. The van der Waals surface area contributed by atoms with Gasteiger partial charge in [0, 0.05) is 6.04 Å². The summed E-state index contributed by atoms with van der Waals surface area (Å²) >= 11 is 0. The minimum Gasteiger partial charge on any atom is -0.326 e. The quantitative estimate of drug-likeness (QED) is 0.314. The van der Waals surface area contributed by atoms with Crippen LogP contribution in [-0.2, 0) is 0 Å². The van der Waals surface area contributed by atoms with E-state index in [2.05, 4.69) is 10.6 Å². The van der Waals surface area contributed by atoms with Gasteiger partial charge in [0.25, 0.3) is 0 Å². The first-order valence-electron chi connectivity index (χ1n) is 4.19. The van der Waals surface area contributed by atoms with Gasteiger partial charge in [-0.05, 0) is 20.9 Å². The van der Waals surface area contributed by atoms with Crippen LogP contribution in [0.15, 0.2) is 0 Å². The molecule has 0 saturated carbocycles. The molecule has 0 fully saturated rings. The highest BCUT2D eigenvalue weighted by molar-refractivity contribution is 4.84. The molecule has 4 unspecified atom stereocenters. The molecule has 0 heterocycles. The van der Waals surface area contributed by atoms with Crippen molar-refractivity contribution in [1.82, 2.24) is 10.6 Å². The number of hydrogen-bond donors (Lipinski definition) is 5.